The number of carbonyl (C=O) groups is 2. The standard InChI is InChI=1S/C17H18ClN3O5S/c1-21(27(24,25)15-9-5-13(18)6-10-15)11-16(22)19-20-17(23)12-3-7-14(26-2)8-4-12/h3-10H,11H2,1-2H3,(H,19,22)(H,20,23). The maximum atomic E-state index is 12.4. The molecular weight excluding hydrogens is 394 g/mol. The van der Waals surface area contributed by atoms with E-state index in [-0.39, 0.29) is 4.90 Å². The van der Waals surface area contributed by atoms with E-state index >= 15 is 0 Å². The number of rotatable bonds is 6. The van der Waals surface area contributed by atoms with E-state index in [2.05, 4.69) is 10.9 Å². The minimum atomic E-state index is -3.86. The van der Waals surface area contributed by atoms with Gasteiger partial charge in [-0.25, -0.2) is 8.42 Å². The Bertz CT molecular complexity index is 915. The van der Waals surface area contributed by atoms with E-state index in [9.17, 15) is 18.0 Å². The number of nitrogens with zero attached hydrogens (tertiary/aromatic N) is 1. The van der Waals surface area contributed by atoms with Crippen LogP contribution in [0.2, 0.25) is 5.02 Å². The van der Waals surface area contributed by atoms with E-state index in [4.69, 9.17) is 16.3 Å². The molecular formula is C17H18ClN3O5S. The summed E-state index contributed by atoms with van der Waals surface area (Å²) in [5.41, 5.74) is 4.70. The molecule has 0 spiro atoms. The average Bonchev–Trinajstić information content (AvgIpc) is 2.66. The summed E-state index contributed by atoms with van der Waals surface area (Å²) < 4.78 is 30.7. The third-order valence-electron chi connectivity index (χ3n) is 3.56. The zero-order valence-electron chi connectivity index (χ0n) is 14.6. The molecule has 0 unspecified atom stereocenters. The van der Waals surface area contributed by atoms with Crippen LogP contribution in [0.4, 0.5) is 0 Å². The van der Waals surface area contributed by atoms with Crippen molar-refractivity contribution >= 4 is 33.4 Å². The zero-order valence-corrected chi connectivity index (χ0v) is 16.2. The highest BCUT2D eigenvalue weighted by molar-refractivity contribution is 7.89. The minimum absolute atomic E-state index is 0.00414. The number of hydrogen-bond donors (Lipinski definition) is 2. The second-order valence-corrected chi connectivity index (χ2v) is 7.93. The van der Waals surface area contributed by atoms with Crippen molar-refractivity contribution in [1.82, 2.24) is 15.2 Å². The molecule has 0 aliphatic carbocycles. The summed E-state index contributed by atoms with van der Waals surface area (Å²) in [7, 11) is -1.10. The fourth-order valence-electron chi connectivity index (χ4n) is 2.05. The number of methoxy groups -OCH3 is 1. The Morgan fingerprint density at radius 3 is 2.19 bits per heavy atom. The highest BCUT2D eigenvalue weighted by Crippen LogP contribution is 2.17. The van der Waals surface area contributed by atoms with Crippen LogP contribution in [0.5, 0.6) is 5.75 Å². The molecule has 0 aromatic heterocycles. The number of hydrogen-bond acceptors (Lipinski definition) is 5. The molecule has 0 atom stereocenters. The van der Waals surface area contributed by atoms with Crippen LogP contribution in [0.3, 0.4) is 0 Å². The lowest BCUT2D eigenvalue weighted by atomic mass is 10.2. The van der Waals surface area contributed by atoms with Gasteiger partial charge in [-0.2, -0.15) is 4.31 Å². The summed E-state index contributed by atoms with van der Waals surface area (Å²) in [6.07, 6.45) is 0. The summed E-state index contributed by atoms with van der Waals surface area (Å²) in [5.74, 6) is -0.657. The molecule has 2 N–H and O–H groups in total. The molecule has 2 rings (SSSR count). The number of benzene rings is 2. The van der Waals surface area contributed by atoms with E-state index < -0.39 is 28.4 Å². The second kappa shape index (κ2) is 8.85. The first kappa shape index (κ1) is 20.7. The van der Waals surface area contributed by atoms with Gasteiger partial charge in [-0.05, 0) is 48.5 Å². The van der Waals surface area contributed by atoms with Gasteiger partial charge in [0, 0.05) is 17.6 Å². The monoisotopic (exact) mass is 411 g/mol. The third kappa shape index (κ3) is 5.43. The summed E-state index contributed by atoms with van der Waals surface area (Å²) in [6, 6.07) is 11.8. The van der Waals surface area contributed by atoms with Gasteiger partial charge in [0.1, 0.15) is 5.75 Å². The smallest absolute Gasteiger partial charge is 0.269 e. The number of carbonyl (C=O) groups excluding carboxylic acids is 2. The lowest BCUT2D eigenvalue weighted by molar-refractivity contribution is -0.121. The maximum Gasteiger partial charge on any atom is 0.269 e. The highest BCUT2D eigenvalue weighted by Gasteiger charge is 2.23. The Hall–Kier alpha value is -2.62. The lowest BCUT2D eigenvalue weighted by Gasteiger charge is -2.17. The van der Waals surface area contributed by atoms with Crippen LogP contribution < -0.4 is 15.6 Å². The molecule has 0 saturated heterocycles. The van der Waals surface area contributed by atoms with Crippen LogP contribution in [0.15, 0.2) is 53.4 Å². The number of amides is 2. The number of hydrazine groups is 1. The van der Waals surface area contributed by atoms with Gasteiger partial charge in [0.2, 0.25) is 10.0 Å². The Kier molecular flexibility index (Phi) is 6.78. The van der Waals surface area contributed by atoms with Crippen LogP contribution in [0.25, 0.3) is 0 Å². The molecule has 27 heavy (non-hydrogen) atoms. The van der Waals surface area contributed by atoms with Gasteiger partial charge in [0.15, 0.2) is 0 Å². The van der Waals surface area contributed by atoms with Crippen molar-refractivity contribution in [1.29, 1.82) is 0 Å². The Labute approximate surface area is 162 Å². The average molecular weight is 412 g/mol. The van der Waals surface area contributed by atoms with Crippen molar-refractivity contribution < 1.29 is 22.7 Å². The van der Waals surface area contributed by atoms with E-state index in [1.54, 1.807) is 12.1 Å². The zero-order chi connectivity index (χ0) is 20.0. The molecule has 2 aromatic rings. The highest BCUT2D eigenvalue weighted by atomic mass is 35.5. The summed E-state index contributed by atoms with van der Waals surface area (Å²) in [4.78, 5) is 23.9. The van der Waals surface area contributed by atoms with E-state index in [1.165, 1.54) is 50.6 Å². The van der Waals surface area contributed by atoms with Crippen molar-refractivity contribution in [2.75, 3.05) is 20.7 Å². The Morgan fingerprint density at radius 2 is 1.63 bits per heavy atom. The number of likely N-dealkylation sites (N-methyl/N-ethyl adjacent to an activating group) is 1. The van der Waals surface area contributed by atoms with Crippen molar-refractivity contribution in [2.24, 2.45) is 0 Å². The Morgan fingerprint density at radius 1 is 1.04 bits per heavy atom. The van der Waals surface area contributed by atoms with Gasteiger partial charge < -0.3 is 4.74 Å². The number of nitrogens with one attached hydrogen (secondary N) is 2. The first-order valence-electron chi connectivity index (χ1n) is 7.69. The first-order chi connectivity index (χ1) is 12.7. The fourth-order valence-corrected chi connectivity index (χ4v) is 3.31. The van der Waals surface area contributed by atoms with Crippen LogP contribution in [-0.2, 0) is 14.8 Å². The van der Waals surface area contributed by atoms with Crippen molar-refractivity contribution in [3.05, 3.63) is 59.1 Å². The van der Waals surface area contributed by atoms with Gasteiger partial charge in [0.25, 0.3) is 11.8 Å². The van der Waals surface area contributed by atoms with E-state index in [0.29, 0.717) is 16.3 Å². The second-order valence-electron chi connectivity index (χ2n) is 5.45. The molecule has 2 amide bonds. The van der Waals surface area contributed by atoms with Crippen LogP contribution in [0, 0.1) is 0 Å². The molecule has 0 heterocycles. The molecule has 0 saturated carbocycles. The molecule has 0 aliphatic heterocycles. The van der Waals surface area contributed by atoms with Crippen molar-refractivity contribution in [2.45, 2.75) is 4.90 Å². The van der Waals surface area contributed by atoms with Gasteiger partial charge in [-0.1, -0.05) is 11.6 Å². The van der Waals surface area contributed by atoms with Gasteiger partial charge in [-0.15, -0.1) is 0 Å². The van der Waals surface area contributed by atoms with Crippen LogP contribution in [-0.4, -0.2) is 45.2 Å². The predicted octanol–water partition coefficient (Wildman–Crippen LogP) is 1.43. The first-order valence-corrected chi connectivity index (χ1v) is 9.51. The van der Waals surface area contributed by atoms with Crippen molar-refractivity contribution in [3.63, 3.8) is 0 Å². The Balaban J connectivity index is 1.92. The summed E-state index contributed by atoms with van der Waals surface area (Å²) >= 11 is 5.74. The largest absolute Gasteiger partial charge is 0.497 e. The maximum absolute atomic E-state index is 12.4. The quantitative estimate of drug-likeness (QED) is 0.699. The summed E-state index contributed by atoms with van der Waals surface area (Å²) in [5, 5.41) is 0.399. The molecule has 144 valence electrons. The molecule has 8 nitrogen and oxygen atoms in total. The third-order valence-corrected chi connectivity index (χ3v) is 5.63. The van der Waals surface area contributed by atoms with Gasteiger partial charge in [0.05, 0.1) is 18.6 Å². The van der Waals surface area contributed by atoms with Gasteiger partial charge in [-0.3, -0.25) is 20.4 Å². The van der Waals surface area contributed by atoms with E-state index in [0.717, 1.165) is 4.31 Å². The molecule has 0 bridgehead atoms. The van der Waals surface area contributed by atoms with Gasteiger partial charge >= 0.3 is 0 Å². The number of halogens is 1. The molecule has 0 radical (unpaired) electrons. The van der Waals surface area contributed by atoms with E-state index in [1.807, 2.05) is 0 Å². The normalized spacial score (nSPS) is 11.1. The fraction of sp³-hybridized carbons (Fsp3) is 0.176. The molecule has 0 aliphatic rings. The lowest BCUT2D eigenvalue weighted by Crippen LogP contribution is -2.46. The molecule has 2 aromatic carbocycles. The molecule has 10 heteroatoms. The predicted molar refractivity (Wildman–Crippen MR) is 99.9 cm³/mol. The number of sulfonamides is 1. The summed E-state index contributed by atoms with van der Waals surface area (Å²) in [6.45, 7) is -0.478. The molecule has 0 fully saturated rings. The topological polar surface area (TPSA) is 105 Å². The minimum Gasteiger partial charge on any atom is -0.497 e. The van der Waals surface area contributed by atoms with Crippen molar-refractivity contribution in [3.8, 4) is 5.75 Å². The SMILES string of the molecule is COc1ccc(C(=O)NNC(=O)CN(C)S(=O)(=O)c2ccc(Cl)cc2)cc1. The van der Waals surface area contributed by atoms with Crippen LogP contribution >= 0.6 is 11.6 Å². The number of ether oxygens (including phenoxy) is 1. The van der Waals surface area contributed by atoms with Crippen LogP contribution in [0.1, 0.15) is 10.4 Å².